The zero-order valence-corrected chi connectivity index (χ0v) is 11.6. The maximum absolute atomic E-state index is 11.1. The molecule has 2 aromatic rings. The van der Waals surface area contributed by atoms with Gasteiger partial charge in [-0.1, -0.05) is 6.07 Å². The number of aryl methyl sites for hydroxylation is 1. The Labute approximate surface area is 115 Å². The zero-order valence-electron chi connectivity index (χ0n) is 10.8. The van der Waals surface area contributed by atoms with E-state index in [9.17, 15) is 4.79 Å². The lowest BCUT2D eigenvalue weighted by Crippen LogP contribution is -2.09. The number of carboxylic acid groups (broad SMARTS) is 1. The molecule has 19 heavy (non-hydrogen) atoms. The first-order chi connectivity index (χ1) is 8.99. The molecule has 0 fully saturated rings. The van der Waals surface area contributed by atoms with E-state index in [1.54, 1.807) is 17.4 Å². The topological polar surface area (TPSA) is 75.3 Å². The first kappa shape index (κ1) is 13.4. The van der Waals surface area contributed by atoms with Gasteiger partial charge in [-0.25, -0.2) is 4.79 Å². The van der Waals surface area contributed by atoms with Gasteiger partial charge in [0.05, 0.1) is 11.6 Å². The molecule has 1 unspecified atom stereocenters. The predicted molar refractivity (Wildman–Crippen MR) is 78.9 cm³/mol. The number of aromatic carboxylic acids is 1. The highest BCUT2D eigenvalue weighted by Gasteiger charge is 2.13. The van der Waals surface area contributed by atoms with Gasteiger partial charge in [0, 0.05) is 16.3 Å². The minimum absolute atomic E-state index is 0.129. The summed E-state index contributed by atoms with van der Waals surface area (Å²) in [4.78, 5) is 12.3. The van der Waals surface area contributed by atoms with Gasteiger partial charge in [0.2, 0.25) is 0 Å². The third-order valence-corrected chi connectivity index (χ3v) is 4.03. The highest BCUT2D eigenvalue weighted by Crippen LogP contribution is 2.27. The number of nitrogens with two attached hydrogens (primary N) is 1. The first-order valence-corrected chi connectivity index (χ1v) is 6.80. The summed E-state index contributed by atoms with van der Waals surface area (Å²) < 4.78 is 0. The summed E-state index contributed by atoms with van der Waals surface area (Å²) in [7, 11) is 0. The standard InChI is InChI=1S/C14H16N2O2S/c1-8-6-10(7-11(13(8)15)14(17)18)16-9(2)12-4-3-5-19-12/h3-7,9,16H,15H2,1-2H3,(H,17,18). The second-order valence-corrected chi connectivity index (χ2v) is 5.42. The highest BCUT2D eigenvalue weighted by molar-refractivity contribution is 7.10. The van der Waals surface area contributed by atoms with E-state index in [1.165, 1.54) is 4.88 Å². The number of carboxylic acids is 1. The molecular formula is C14H16N2O2S. The van der Waals surface area contributed by atoms with E-state index in [0.29, 0.717) is 5.69 Å². The van der Waals surface area contributed by atoms with Crippen molar-refractivity contribution in [1.82, 2.24) is 0 Å². The fourth-order valence-electron chi connectivity index (χ4n) is 1.92. The molecule has 1 atom stereocenters. The Balaban J connectivity index is 2.28. The van der Waals surface area contributed by atoms with Crippen LogP contribution in [0, 0.1) is 6.92 Å². The van der Waals surface area contributed by atoms with E-state index in [4.69, 9.17) is 10.8 Å². The van der Waals surface area contributed by atoms with Crippen LogP contribution in [0.1, 0.15) is 33.8 Å². The monoisotopic (exact) mass is 276 g/mol. The number of thiophene rings is 1. The maximum atomic E-state index is 11.1. The van der Waals surface area contributed by atoms with Crippen molar-refractivity contribution >= 4 is 28.7 Å². The molecule has 0 saturated carbocycles. The molecule has 1 aromatic heterocycles. The number of hydrogen-bond donors (Lipinski definition) is 3. The van der Waals surface area contributed by atoms with Crippen LogP contribution in [0.3, 0.4) is 0 Å². The maximum Gasteiger partial charge on any atom is 0.337 e. The molecule has 1 aromatic carbocycles. The zero-order chi connectivity index (χ0) is 14.0. The first-order valence-electron chi connectivity index (χ1n) is 5.92. The summed E-state index contributed by atoms with van der Waals surface area (Å²) in [5, 5.41) is 14.4. The molecule has 5 heteroatoms. The van der Waals surface area contributed by atoms with Crippen LogP contribution in [0.5, 0.6) is 0 Å². The Morgan fingerprint density at radius 3 is 2.79 bits per heavy atom. The van der Waals surface area contributed by atoms with E-state index < -0.39 is 5.97 Å². The normalized spacial score (nSPS) is 12.1. The largest absolute Gasteiger partial charge is 0.478 e. The number of hydrogen-bond acceptors (Lipinski definition) is 4. The van der Waals surface area contributed by atoms with Gasteiger partial charge in [0.15, 0.2) is 0 Å². The van der Waals surface area contributed by atoms with Crippen LogP contribution in [-0.4, -0.2) is 11.1 Å². The minimum atomic E-state index is -1.01. The predicted octanol–water partition coefficient (Wildman–Crippen LogP) is 3.51. The number of rotatable bonds is 4. The van der Waals surface area contributed by atoms with Crippen LogP contribution in [0.4, 0.5) is 11.4 Å². The molecule has 100 valence electrons. The van der Waals surface area contributed by atoms with E-state index in [2.05, 4.69) is 5.32 Å². The molecule has 0 aliphatic rings. The summed E-state index contributed by atoms with van der Waals surface area (Å²) in [6.45, 7) is 3.85. The minimum Gasteiger partial charge on any atom is -0.478 e. The summed E-state index contributed by atoms with van der Waals surface area (Å²) in [5.41, 5.74) is 7.77. The lowest BCUT2D eigenvalue weighted by atomic mass is 10.1. The van der Waals surface area contributed by atoms with Crippen LogP contribution >= 0.6 is 11.3 Å². The molecule has 0 saturated heterocycles. The van der Waals surface area contributed by atoms with Crippen LogP contribution in [0.25, 0.3) is 0 Å². The molecule has 0 aliphatic heterocycles. The lowest BCUT2D eigenvalue weighted by molar-refractivity contribution is 0.0698. The smallest absolute Gasteiger partial charge is 0.337 e. The fraction of sp³-hybridized carbons (Fsp3) is 0.214. The second-order valence-electron chi connectivity index (χ2n) is 4.44. The van der Waals surface area contributed by atoms with Gasteiger partial charge >= 0.3 is 5.97 Å². The molecule has 0 bridgehead atoms. The van der Waals surface area contributed by atoms with Crippen LogP contribution in [0.2, 0.25) is 0 Å². The lowest BCUT2D eigenvalue weighted by Gasteiger charge is -2.16. The summed E-state index contributed by atoms with van der Waals surface area (Å²) in [6, 6.07) is 7.62. The molecule has 2 rings (SSSR count). The Morgan fingerprint density at radius 2 is 2.21 bits per heavy atom. The molecule has 4 N–H and O–H groups in total. The van der Waals surface area contributed by atoms with Crippen molar-refractivity contribution in [3.63, 3.8) is 0 Å². The van der Waals surface area contributed by atoms with Gasteiger partial charge in [-0.05, 0) is 43.0 Å². The van der Waals surface area contributed by atoms with Gasteiger partial charge in [-0.3, -0.25) is 0 Å². The van der Waals surface area contributed by atoms with Crippen molar-refractivity contribution in [3.8, 4) is 0 Å². The molecule has 0 radical (unpaired) electrons. The summed E-state index contributed by atoms with van der Waals surface area (Å²) in [5.74, 6) is -1.01. The van der Waals surface area contributed by atoms with Crippen molar-refractivity contribution in [2.24, 2.45) is 0 Å². The third kappa shape index (κ3) is 2.88. The number of anilines is 2. The molecule has 0 aliphatic carbocycles. The Morgan fingerprint density at radius 1 is 1.47 bits per heavy atom. The summed E-state index contributed by atoms with van der Waals surface area (Å²) in [6.07, 6.45) is 0. The molecule has 0 amide bonds. The average molecular weight is 276 g/mol. The van der Waals surface area contributed by atoms with E-state index >= 15 is 0 Å². The molecule has 1 heterocycles. The van der Waals surface area contributed by atoms with E-state index in [1.807, 2.05) is 37.4 Å². The quantitative estimate of drug-likeness (QED) is 0.747. The van der Waals surface area contributed by atoms with Gasteiger partial charge in [0.1, 0.15) is 0 Å². The number of benzene rings is 1. The van der Waals surface area contributed by atoms with Crippen molar-refractivity contribution in [1.29, 1.82) is 0 Å². The number of carbonyl (C=O) groups is 1. The van der Waals surface area contributed by atoms with E-state index in [0.717, 1.165) is 11.3 Å². The van der Waals surface area contributed by atoms with Gasteiger partial charge in [-0.15, -0.1) is 11.3 Å². The van der Waals surface area contributed by atoms with Gasteiger partial charge in [0.25, 0.3) is 0 Å². The average Bonchev–Trinajstić information content (AvgIpc) is 2.86. The molecule has 0 spiro atoms. The van der Waals surface area contributed by atoms with Crippen LogP contribution in [-0.2, 0) is 0 Å². The number of nitrogens with one attached hydrogen (secondary N) is 1. The third-order valence-electron chi connectivity index (χ3n) is 2.97. The second kappa shape index (κ2) is 5.32. The van der Waals surface area contributed by atoms with Crippen LogP contribution in [0.15, 0.2) is 29.6 Å². The SMILES string of the molecule is Cc1cc(NC(C)c2cccs2)cc(C(=O)O)c1N. The Hall–Kier alpha value is -2.01. The van der Waals surface area contributed by atoms with Crippen molar-refractivity contribution < 1.29 is 9.90 Å². The molecular weight excluding hydrogens is 260 g/mol. The number of nitrogen functional groups attached to an aromatic ring is 1. The van der Waals surface area contributed by atoms with Crippen molar-refractivity contribution in [2.75, 3.05) is 11.1 Å². The van der Waals surface area contributed by atoms with Crippen molar-refractivity contribution in [2.45, 2.75) is 19.9 Å². The summed E-state index contributed by atoms with van der Waals surface area (Å²) >= 11 is 1.66. The Bertz CT molecular complexity index is 594. The van der Waals surface area contributed by atoms with Crippen molar-refractivity contribution in [3.05, 3.63) is 45.6 Å². The highest BCUT2D eigenvalue weighted by atomic mass is 32.1. The fourth-order valence-corrected chi connectivity index (χ4v) is 2.65. The molecule has 4 nitrogen and oxygen atoms in total. The van der Waals surface area contributed by atoms with Crippen LogP contribution < -0.4 is 11.1 Å². The Kier molecular flexibility index (Phi) is 3.76. The van der Waals surface area contributed by atoms with Gasteiger partial charge in [-0.2, -0.15) is 0 Å². The van der Waals surface area contributed by atoms with E-state index in [-0.39, 0.29) is 11.6 Å². The van der Waals surface area contributed by atoms with Gasteiger partial charge < -0.3 is 16.2 Å².